The Morgan fingerprint density at radius 3 is 2.56 bits per heavy atom. The molecule has 0 spiro atoms. The molecule has 0 aromatic carbocycles. The Hall–Kier alpha value is 0.460. The molecule has 0 aromatic rings. The first-order valence-electron chi connectivity index (χ1n) is 2.38. The summed E-state index contributed by atoms with van der Waals surface area (Å²) in [6.45, 7) is 0. The molecule has 2 N–H and O–H groups in total. The van der Waals surface area contributed by atoms with Crippen molar-refractivity contribution in [1.29, 1.82) is 0 Å². The van der Waals surface area contributed by atoms with Crippen LogP contribution in [0.1, 0.15) is 6.42 Å². The van der Waals surface area contributed by atoms with Gasteiger partial charge in [0.05, 0.1) is 5.25 Å². The van der Waals surface area contributed by atoms with Crippen LogP contribution in [0.5, 0.6) is 0 Å². The molecule has 9 heavy (non-hydrogen) atoms. The van der Waals surface area contributed by atoms with E-state index in [1.165, 1.54) is 0 Å². The number of primary amides is 1. The molecule has 1 rings (SSSR count). The third kappa shape index (κ3) is 2.69. The van der Waals surface area contributed by atoms with Crippen molar-refractivity contribution in [3.8, 4) is 0 Å². The van der Waals surface area contributed by atoms with Gasteiger partial charge < -0.3 is 5.73 Å². The first kappa shape index (κ1) is 9.46. The molecule has 2 nitrogen and oxygen atoms in total. The summed E-state index contributed by atoms with van der Waals surface area (Å²) in [7, 11) is 3.32. The molecule has 5 heteroatoms. The minimum atomic E-state index is -0.167. The lowest BCUT2D eigenvalue weighted by Crippen LogP contribution is -2.23. The average Bonchev–Trinajstić information content (AvgIpc) is 2.12. The molecule has 1 aliphatic heterocycles. The highest BCUT2D eigenvalue weighted by Gasteiger charge is 2.20. The number of hydrogen-bond donors (Lipinski definition) is 1. The monoisotopic (exact) mass is 185 g/mol. The second kappa shape index (κ2) is 4.30. The van der Waals surface area contributed by atoms with Gasteiger partial charge in [-0.25, -0.2) is 0 Å². The Labute approximate surface area is 68.1 Å². The number of halogens is 1. The Bertz CT molecular complexity index is 105. The highest BCUT2D eigenvalue weighted by Crippen LogP contribution is 2.36. The van der Waals surface area contributed by atoms with Crippen molar-refractivity contribution in [2.75, 3.05) is 5.75 Å². The number of amides is 1. The minimum Gasteiger partial charge on any atom is -0.369 e. The van der Waals surface area contributed by atoms with Gasteiger partial charge in [0.1, 0.15) is 0 Å². The van der Waals surface area contributed by atoms with E-state index in [0.717, 1.165) is 12.2 Å². The highest BCUT2D eigenvalue weighted by molar-refractivity contribution is 8.77. The van der Waals surface area contributed by atoms with Crippen LogP contribution in [0.15, 0.2) is 0 Å². The van der Waals surface area contributed by atoms with E-state index in [4.69, 9.17) is 5.73 Å². The smallest absolute Gasteiger partial charge is 0.231 e. The van der Waals surface area contributed by atoms with Gasteiger partial charge in [0.15, 0.2) is 0 Å². The number of hydrogen-bond acceptors (Lipinski definition) is 3. The van der Waals surface area contributed by atoms with Gasteiger partial charge in [-0.2, -0.15) is 0 Å². The standard InChI is InChI=1S/C4H7NOS2.ClH/c5-4(6)3-1-2-7-8-3;/h3H,1-2H2,(H2,5,6);1H. The zero-order chi connectivity index (χ0) is 5.98. The van der Waals surface area contributed by atoms with Crippen molar-refractivity contribution in [1.82, 2.24) is 0 Å². The van der Waals surface area contributed by atoms with Gasteiger partial charge in [0.2, 0.25) is 5.91 Å². The maximum absolute atomic E-state index is 10.4. The van der Waals surface area contributed by atoms with Crippen molar-refractivity contribution in [3.05, 3.63) is 0 Å². The van der Waals surface area contributed by atoms with E-state index in [-0.39, 0.29) is 23.6 Å². The predicted octanol–water partition coefficient (Wildman–Crippen LogP) is 1.05. The summed E-state index contributed by atoms with van der Waals surface area (Å²) in [6, 6.07) is 0. The van der Waals surface area contributed by atoms with Crippen molar-refractivity contribution in [3.63, 3.8) is 0 Å². The SMILES string of the molecule is Cl.NC(=O)C1CCSS1. The lowest BCUT2D eigenvalue weighted by atomic mass is 10.3. The quantitative estimate of drug-likeness (QED) is 0.621. The van der Waals surface area contributed by atoms with Crippen LogP contribution in [0, 0.1) is 0 Å². The van der Waals surface area contributed by atoms with Crippen LogP contribution < -0.4 is 5.73 Å². The van der Waals surface area contributed by atoms with E-state index in [0.29, 0.717) is 0 Å². The highest BCUT2D eigenvalue weighted by atomic mass is 35.5. The third-order valence-corrected chi connectivity index (χ3v) is 3.81. The lowest BCUT2D eigenvalue weighted by Gasteiger charge is -1.96. The van der Waals surface area contributed by atoms with E-state index >= 15 is 0 Å². The van der Waals surface area contributed by atoms with Crippen molar-refractivity contribution >= 4 is 39.9 Å². The second-order valence-corrected chi connectivity index (χ2v) is 4.29. The Kier molecular flexibility index (Phi) is 4.52. The molecule has 1 heterocycles. The Morgan fingerprint density at radius 2 is 2.33 bits per heavy atom. The Morgan fingerprint density at radius 1 is 1.67 bits per heavy atom. The maximum atomic E-state index is 10.4. The molecule has 1 atom stereocenters. The predicted molar refractivity (Wildman–Crippen MR) is 44.9 cm³/mol. The first-order valence-corrected chi connectivity index (χ1v) is 4.76. The van der Waals surface area contributed by atoms with Crippen LogP contribution >= 0.6 is 34.0 Å². The Balaban J connectivity index is 0.000000640. The zero-order valence-corrected chi connectivity index (χ0v) is 7.15. The summed E-state index contributed by atoms with van der Waals surface area (Å²) < 4.78 is 0. The average molecular weight is 186 g/mol. The number of carbonyl (C=O) groups is 1. The summed E-state index contributed by atoms with van der Waals surface area (Å²) in [6.07, 6.45) is 0.949. The van der Waals surface area contributed by atoms with Gasteiger partial charge in [-0.3, -0.25) is 4.79 Å². The van der Waals surface area contributed by atoms with E-state index in [1.54, 1.807) is 21.6 Å². The van der Waals surface area contributed by atoms with Crippen LogP contribution in [-0.4, -0.2) is 16.9 Å². The van der Waals surface area contributed by atoms with Gasteiger partial charge in [-0.15, -0.1) is 12.4 Å². The van der Waals surface area contributed by atoms with E-state index in [1.807, 2.05) is 0 Å². The number of rotatable bonds is 1. The molecule has 1 aliphatic rings. The fourth-order valence-electron chi connectivity index (χ4n) is 0.523. The maximum Gasteiger partial charge on any atom is 0.231 e. The molecule has 0 saturated carbocycles. The van der Waals surface area contributed by atoms with Crippen molar-refractivity contribution < 1.29 is 4.79 Å². The van der Waals surface area contributed by atoms with Gasteiger partial charge in [-0.1, -0.05) is 21.6 Å². The minimum absolute atomic E-state index is 0. The van der Waals surface area contributed by atoms with Gasteiger partial charge in [0.25, 0.3) is 0 Å². The summed E-state index contributed by atoms with van der Waals surface area (Å²) >= 11 is 0. The zero-order valence-electron chi connectivity index (χ0n) is 4.70. The fraction of sp³-hybridized carbons (Fsp3) is 0.750. The fourth-order valence-corrected chi connectivity index (χ4v) is 3.22. The first-order chi connectivity index (χ1) is 3.80. The number of nitrogens with two attached hydrogens (primary N) is 1. The third-order valence-electron chi connectivity index (χ3n) is 0.965. The lowest BCUT2D eigenvalue weighted by molar-refractivity contribution is -0.117. The van der Waals surface area contributed by atoms with Crippen LogP contribution in [0.4, 0.5) is 0 Å². The molecule has 0 aromatic heterocycles. The van der Waals surface area contributed by atoms with Gasteiger partial charge in [-0.05, 0) is 6.42 Å². The molecule has 0 bridgehead atoms. The van der Waals surface area contributed by atoms with Crippen LogP contribution in [-0.2, 0) is 4.79 Å². The summed E-state index contributed by atoms with van der Waals surface area (Å²) in [5.74, 6) is 0.901. The summed E-state index contributed by atoms with van der Waals surface area (Å²) in [5.41, 5.74) is 5.02. The summed E-state index contributed by atoms with van der Waals surface area (Å²) in [5, 5.41) is 0.0833. The molecule has 0 aliphatic carbocycles. The van der Waals surface area contributed by atoms with Crippen molar-refractivity contribution in [2.24, 2.45) is 5.73 Å². The molecule has 1 amide bonds. The van der Waals surface area contributed by atoms with E-state index < -0.39 is 0 Å². The molecule has 1 unspecified atom stereocenters. The molecule has 1 fully saturated rings. The van der Waals surface area contributed by atoms with Crippen molar-refractivity contribution in [2.45, 2.75) is 11.7 Å². The second-order valence-electron chi connectivity index (χ2n) is 1.60. The van der Waals surface area contributed by atoms with Gasteiger partial charge in [0, 0.05) is 5.75 Å². The molecular weight excluding hydrogens is 178 g/mol. The molecule has 1 saturated heterocycles. The summed E-state index contributed by atoms with van der Waals surface area (Å²) in [4.78, 5) is 10.4. The molecule has 0 radical (unpaired) electrons. The topological polar surface area (TPSA) is 43.1 Å². The molecule has 54 valence electrons. The van der Waals surface area contributed by atoms with Crippen LogP contribution in [0.2, 0.25) is 0 Å². The van der Waals surface area contributed by atoms with E-state index in [9.17, 15) is 4.79 Å². The van der Waals surface area contributed by atoms with Gasteiger partial charge >= 0.3 is 0 Å². The van der Waals surface area contributed by atoms with E-state index in [2.05, 4.69) is 0 Å². The van der Waals surface area contributed by atoms with Crippen LogP contribution in [0.3, 0.4) is 0 Å². The number of carbonyl (C=O) groups excluding carboxylic acids is 1. The normalized spacial score (nSPS) is 25.1. The van der Waals surface area contributed by atoms with Crippen LogP contribution in [0.25, 0.3) is 0 Å². The molecular formula is C4H8ClNOS2. The largest absolute Gasteiger partial charge is 0.369 e.